The van der Waals surface area contributed by atoms with Gasteiger partial charge in [0.15, 0.2) is 11.2 Å². The Kier molecular flexibility index (Phi) is 3.87. The molecule has 0 unspecified atom stereocenters. The average molecular weight is 316 g/mol. The van der Waals surface area contributed by atoms with Crippen molar-refractivity contribution in [2.45, 2.75) is 0 Å². The van der Waals surface area contributed by atoms with Gasteiger partial charge in [0, 0.05) is 27.2 Å². The molecule has 0 saturated heterocycles. The third-order valence-electron chi connectivity index (χ3n) is 2.88. The second-order valence-electron chi connectivity index (χ2n) is 4.58. The van der Waals surface area contributed by atoms with Crippen molar-refractivity contribution in [3.05, 3.63) is 20.8 Å². The van der Waals surface area contributed by atoms with E-state index in [1.807, 2.05) is 0 Å². The van der Waals surface area contributed by atoms with Crippen molar-refractivity contribution >= 4 is 27.1 Å². The van der Waals surface area contributed by atoms with Gasteiger partial charge in [0.05, 0.1) is 6.26 Å². The van der Waals surface area contributed by atoms with Crippen LogP contribution in [-0.2, 0) is 24.1 Å². The van der Waals surface area contributed by atoms with Gasteiger partial charge in [-0.05, 0) is 0 Å². The molecule has 3 N–H and O–H groups in total. The van der Waals surface area contributed by atoms with E-state index in [-0.39, 0.29) is 24.3 Å². The van der Waals surface area contributed by atoms with E-state index in [2.05, 4.69) is 20.0 Å². The molecule has 0 spiro atoms. The quantitative estimate of drug-likeness (QED) is 0.543. The normalized spacial score (nSPS) is 12.0. The van der Waals surface area contributed by atoms with E-state index < -0.39 is 21.3 Å². The van der Waals surface area contributed by atoms with Gasteiger partial charge in [0.2, 0.25) is 16.0 Å². The molecule has 0 aromatic carbocycles. The fourth-order valence-electron chi connectivity index (χ4n) is 1.83. The Morgan fingerprint density at radius 2 is 1.86 bits per heavy atom. The number of hydrogen-bond donors (Lipinski definition) is 3. The molecule has 116 valence electrons. The Balaban J connectivity index is 2.24. The molecule has 0 saturated carbocycles. The Morgan fingerprint density at radius 3 is 2.48 bits per heavy atom. The van der Waals surface area contributed by atoms with Crippen molar-refractivity contribution < 1.29 is 8.42 Å². The van der Waals surface area contributed by atoms with Crippen LogP contribution in [0.15, 0.2) is 9.59 Å². The van der Waals surface area contributed by atoms with Crippen molar-refractivity contribution in [3.63, 3.8) is 0 Å². The molecule has 21 heavy (non-hydrogen) atoms. The molecule has 2 aromatic rings. The van der Waals surface area contributed by atoms with Gasteiger partial charge in [-0.1, -0.05) is 0 Å². The van der Waals surface area contributed by atoms with Crippen LogP contribution in [0.25, 0.3) is 11.2 Å². The molecule has 2 aromatic heterocycles. The zero-order valence-corrected chi connectivity index (χ0v) is 12.6. The zero-order chi connectivity index (χ0) is 15.8. The first kappa shape index (κ1) is 15.3. The van der Waals surface area contributed by atoms with Crippen LogP contribution in [0.3, 0.4) is 0 Å². The number of H-pyrrole nitrogens is 1. The number of aromatic amines is 1. The highest BCUT2D eigenvalue weighted by Gasteiger charge is 2.13. The second-order valence-corrected chi connectivity index (χ2v) is 6.42. The fourth-order valence-corrected chi connectivity index (χ4v) is 2.30. The number of fused-ring (bicyclic) bond motifs is 1. The minimum atomic E-state index is -3.25. The van der Waals surface area contributed by atoms with Gasteiger partial charge in [0.1, 0.15) is 0 Å². The first-order valence-electron chi connectivity index (χ1n) is 6.05. The lowest BCUT2D eigenvalue weighted by molar-refractivity contribution is 0.589. The number of rotatable bonds is 5. The summed E-state index contributed by atoms with van der Waals surface area (Å²) >= 11 is 0. The molecule has 0 aliphatic heterocycles. The van der Waals surface area contributed by atoms with E-state index in [1.54, 1.807) is 0 Å². The molecule has 0 aliphatic rings. The first-order chi connectivity index (χ1) is 9.70. The van der Waals surface area contributed by atoms with Gasteiger partial charge in [-0.25, -0.2) is 17.9 Å². The van der Waals surface area contributed by atoms with Gasteiger partial charge in [0.25, 0.3) is 5.56 Å². The maximum Gasteiger partial charge on any atom is 0.332 e. The van der Waals surface area contributed by atoms with E-state index in [0.717, 1.165) is 10.8 Å². The first-order valence-corrected chi connectivity index (χ1v) is 7.94. The number of nitrogens with zero attached hydrogens (tertiary/aromatic N) is 3. The predicted molar refractivity (Wildman–Crippen MR) is 77.9 cm³/mol. The van der Waals surface area contributed by atoms with Crippen LogP contribution in [0.5, 0.6) is 0 Å². The van der Waals surface area contributed by atoms with Crippen molar-refractivity contribution in [1.29, 1.82) is 0 Å². The van der Waals surface area contributed by atoms with Gasteiger partial charge >= 0.3 is 5.69 Å². The molecule has 2 heterocycles. The third kappa shape index (κ3) is 3.13. The summed E-state index contributed by atoms with van der Waals surface area (Å²) in [7, 11) is -0.350. The SMILES string of the molecule is Cn1c(=O)c2[nH]c(NCCNS(C)(=O)=O)nc2n(C)c1=O. The Labute approximate surface area is 119 Å². The number of sulfonamides is 1. The number of anilines is 1. The van der Waals surface area contributed by atoms with E-state index in [4.69, 9.17) is 0 Å². The predicted octanol–water partition coefficient (Wildman–Crippen LogP) is -2.08. The number of hydrogen-bond acceptors (Lipinski definition) is 6. The maximum atomic E-state index is 11.9. The Bertz CT molecular complexity index is 891. The molecule has 2 rings (SSSR count). The van der Waals surface area contributed by atoms with Crippen LogP contribution in [-0.4, -0.2) is 46.9 Å². The molecule has 11 heteroatoms. The highest BCUT2D eigenvalue weighted by molar-refractivity contribution is 7.88. The van der Waals surface area contributed by atoms with E-state index >= 15 is 0 Å². The monoisotopic (exact) mass is 316 g/mol. The van der Waals surface area contributed by atoms with Crippen LogP contribution in [0.1, 0.15) is 0 Å². The van der Waals surface area contributed by atoms with Crippen molar-refractivity contribution in [2.75, 3.05) is 24.7 Å². The molecule has 0 atom stereocenters. The molecular formula is C10H16N6O4S. The lowest BCUT2D eigenvalue weighted by Crippen LogP contribution is -2.36. The third-order valence-corrected chi connectivity index (χ3v) is 3.60. The fraction of sp³-hybridized carbons (Fsp3) is 0.500. The van der Waals surface area contributed by atoms with Crippen molar-refractivity contribution in [2.24, 2.45) is 14.1 Å². The summed E-state index contributed by atoms with van der Waals surface area (Å²) in [5.74, 6) is 0.290. The number of imidazole rings is 1. The lowest BCUT2D eigenvalue weighted by atomic mass is 10.5. The van der Waals surface area contributed by atoms with E-state index in [1.165, 1.54) is 18.7 Å². The number of aromatic nitrogens is 4. The second kappa shape index (κ2) is 5.33. The van der Waals surface area contributed by atoms with Crippen molar-refractivity contribution in [1.82, 2.24) is 23.8 Å². The van der Waals surface area contributed by atoms with Gasteiger partial charge in [-0.15, -0.1) is 0 Å². The van der Waals surface area contributed by atoms with Gasteiger partial charge < -0.3 is 10.3 Å². The molecule has 0 aliphatic carbocycles. The van der Waals surface area contributed by atoms with Crippen LogP contribution >= 0.6 is 0 Å². The van der Waals surface area contributed by atoms with Gasteiger partial charge in [-0.2, -0.15) is 4.98 Å². The molecule has 0 bridgehead atoms. The average Bonchev–Trinajstić information content (AvgIpc) is 2.82. The number of aryl methyl sites for hydroxylation is 1. The van der Waals surface area contributed by atoms with E-state index in [0.29, 0.717) is 5.95 Å². The minimum Gasteiger partial charge on any atom is -0.354 e. The topological polar surface area (TPSA) is 131 Å². The molecule has 0 amide bonds. The summed E-state index contributed by atoms with van der Waals surface area (Å²) in [6.07, 6.45) is 1.06. The largest absolute Gasteiger partial charge is 0.354 e. The smallest absolute Gasteiger partial charge is 0.332 e. The van der Waals surface area contributed by atoms with Crippen molar-refractivity contribution in [3.8, 4) is 0 Å². The van der Waals surface area contributed by atoms with Crippen LogP contribution in [0.4, 0.5) is 5.95 Å². The molecule has 10 nitrogen and oxygen atoms in total. The Morgan fingerprint density at radius 1 is 1.19 bits per heavy atom. The van der Waals surface area contributed by atoms with Crippen LogP contribution in [0.2, 0.25) is 0 Å². The lowest BCUT2D eigenvalue weighted by Gasteiger charge is -2.02. The Hall–Kier alpha value is -2.14. The standard InChI is InChI=1S/C10H16N6O4S/c1-15-7-6(8(17)16(2)10(15)18)13-9(14-7)11-4-5-12-21(3,19)20/h12H,4-5H2,1-3H3,(H2,11,13,14). The maximum absolute atomic E-state index is 11.9. The van der Waals surface area contributed by atoms with Gasteiger partial charge in [-0.3, -0.25) is 13.9 Å². The van der Waals surface area contributed by atoms with Crippen LogP contribution in [0, 0.1) is 0 Å². The van der Waals surface area contributed by atoms with Crippen LogP contribution < -0.4 is 21.3 Å². The molecule has 0 radical (unpaired) electrons. The summed E-state index contributed by atoms with van der Waals surface area (Å²) in [5, 5.41) is 2.84. The number of nitrogens with one attached hydrogen (secondary N) is 3. The highest BCUT2D eigenvalue weighted by Crippen LogP contribution is 2.07. The summed E-state index contributed by atoms with van der Waals surface area (Å²) in [6, 6.07) is 0. The zero-order valence-electron chi connectivity index (χ0n) is 11.8. The summed E-state index contributed by atoms with van der Waals surface area (Å²) in [4.78, 5) is 30.6. The molecular weight excluding hydrogens is 300 g/mol. The van der Waals surface area contributed by atoms with E-state index in [9.17, 15) is 18.0 Å². The minimum absolute atomic E-state index is 0.173. The summed E-state index contributed by atoms with van der Waals surface area (Å²) in [6.45, 7) is 0.452. The molecule has 0 fully saturated rings. The summed E-state index contributed by atoms with van der Waals surface area (Å²) < 4.78 is 26.4. The highest BCUT2D eigenvalue weighted by atomic mass is 32.2. The summed E-state index contributed by atoms with van der Waals surface area (Å²) in [5.41, 5.74) is -0.493.